The average molecular weight is 233 g/mol. The van der Waals surface area contributed by atoms with Crippen LogP contribution in [0.3, 0.4) is 0 Å². The summed E-state index contributed by atoms with van der Waals surface area (Å²) in [6.45, 7) is 6.49. The van der Waals surface area contributed by atoms with Crippen LogP contribution in [0.1, 0.15) is 51.0 Å². The third-order valence-corrected chi connectivity index (χ3v) is 3.03. The maximum atomic E-state index is 5.52. The second-order valence-corrected chi connectivity index (χ2v) is 4.47. The van der Waals surface area contributed by atoms with Crippen LogP contribution < -0.4 is 4.74 Å². The molecule has 1 heteroatoms. The highest BCUT2D eigenvalue weighted by Gasteiger charge is 2.01. The van der Waals surface area contributed by atoms with E-state index in [1.54, 1.807) is 0 Å². The first-order chi connectivity index (χ1) is 8.38. The number of hydrogen-bond acceptors (Lipinski definition) is 1. The first-order valence-corrected chi connectivity index (χ1v) is 6.88. The van der Waals surface area contributed by atoms with Crippen LogP contribution in [0.2, 0.25) is 0 Å². The second kappa shape index (κ2) is 9.09. The molecular weight excluding hydrogens is 208 g/mol. The zero-order valence-corrected chi connectivity index (χ0v) is 11.1. The molecule has 17 heavy (non-hydrogen) atoms. The Kier molecular flexibility index (Phi) is 7.53. The number of rotatable bonds is 9. The topological polar surface area (TPSA) is 9.23 Å². The Labute approximate surface area is 106 Å². The lowest BCUT2D eigenvalue weighted by Gasteiger charge is -2.09. The van der Waals surface area contributed by atoms with Crippen LogP contribution in [-0.2, 0) is 6.42 Å². The van der Waals surface area contributed by atoms with Crippen LogP contribution in [0.5, 0.6) is 5.75 Å². The van der Waals surface area contributed by atoms with Gasteiger partial charge in [0.05, 0.1) is 6.61 Å². The minimum atomic E-state index is 0.507. The molecule has 0 saturated heterocycles. The lowest BCUT2D eigenvalue weighted by molar-refractivity contribution is 0.356. The molecular formula is C16H25O. The van der Waals surface area contributed by atoms with Gasteiger partial charge in [0, 0.05) is 0 Å². The standard InChI is InChI=1S/C16H25O/c1-3-5-6-7-8-9-12-15-13-10-11-14-16(15)17-4-2/h10-11,13-14H,2-9,12H2,1H3. The van der Waals surface area contributed by atoms with Crippen molar-refractivity contribution < 1.29 is 4.74 Å². The van der Waals surface area contributed by atoms with Crippen molar-refractivity contribution in [2.75, 3.05) is 6.61 Å². The summed E-state index contributed by atoms with van der Waals surface area (Å²) in [7, 11) is 0. The fraction of sp³-hybridized carbons (Fsp3) is 0.562. The van der Waals surface area contributed by atoms with Gasteiger partial charge in [-0.25, -0.2) is 0 Å². The van der Waals surface area contributed by atoms with E-state index < -0.39 is 0 Å². The fourth-order valence-electron chi connectivity index (χ4n) is 2.06. The van der Waals surface area contributed by atoms with Crippen LogP contribution in [-0.4, -0.2) is 6.61 Å². The smallest absolute Gasteiger partial charge is 0.122 e. The zero-order chi connectivity index (χ0) is 12.3. The summed E-state index contributed by atoms with van der Waals surface area (Å²) < 4.78 is 5.52. The van der Waals surface area contributed by atoms with Gasteiger partial charge in [0.25, 0.3) is 0 Å². The molecule has 1 aromatic rings. The van der Waals surface area contributed by atoms with E-state index in [0.717, 1.165) is 12.2 Å². The van der Waals surface area contributed by atoms with E-state index in [4.69, 9.17) is 4.74 Å². The number of aryl methyl sites for hydroxylation is 1. The summed E-state index contributed by atoms with van der Waals surface area (Å²) in [5, 5.41) is 0. The molecule has 0 unspecified atom stereocenters. The van der Waals surface area contributed by atoms with Gasteiger partial charge in [-0.1, -0.05) is 57.2 Å². The molecule has 0 aliphatic rings. The highest BCUT2D eigenvalue weighted by atomic mass is 16.5. The lowest BCUT2D eigenvalue weighted by atomic mass is 10.0. The Bertz CT molecular complexity index is 293. The predicted octanol–water partition coefficient (Wildman–Crippen LogP) is 4.80. The van der Waals surface area contributed by atoms with E-state index in [0.29, 0.717) is 6.61 Å². The molecule has 1 radical (unpaired) electrons. The number of para-hydroxylation sites is 1. The molecule has 0 amide bonds. The molecule has 0 bridgehead atoms. The van der Waals surface area contributed by atoms with Gasteiger partial charge in [0.2, 0.25) is 0 Å². The largest absolute Gasteiger partial charge is 0.493 e. The van der Waals surface area contributed by atoms with Crippen LogP contribution in [0.4, 0.5) is 0 Å². The number of hydrogen-bond donors (Lipinski definition) is 0. The maximum absolute atomic E-state index is 5.52. The molecule has 1 nitrogen and oxygen atoms in total. The van der Waals surface area contributed by atoms with Crippen molar-refractivity contribution in [1.29, 1.82) is 0 Å². The van der Waals surface area contributed by atoms with Gasteiger partial charge in [-0.3, -0.25) is 0 Å². The van der Waals surface area contributed by atoms with E-state index in [1.165, 1.54) is 44.1 Å². The maximum Gasteiger partial charge on any atom is 0.122 e. The van der Waals surface area contributed by atoms with Crippen molar-refractivity contribution in [2.45, 2.75) is 51.9 Å². The van der Waals surface area contributed by atoms with Crippen molar-refractivity contribution in [3.8, 4) is 5.75 Å². The normalized spacial score (nSPS) is 10.5. The molecule has 0 atom stereocenters. The number of benzene rings is 1. The molecule has 0 N–H and O–H groups in total. The summed E-state index contributed by atoms with van der Waals surface area (Å²) in [6, 6.07) is 8.31. The molecule has 0 aliphatic heterocycles. The number of unbranched alkanes of at least 4 members (excludes halogenated alkanes) is 5. The summed E-state index contributed by atoms with van der Waals surface area (Å²) in [6.07, 6.45) is 9.17. The lowest BCUT2D eigenvalue weighted by Crippen LogP contribution is -1.96. The molecule has 0 spiro atoms. The van der Waals surface area contributed by atoms with Crippen LogP contribution in [0.25, 0.3) is 0 Å². The minimum Gasteiger partial charge on any atom is -0.493 e. The van der Waals surface area contributed by atoms with Gasteiger partial charge in [0.15, 0.2) is 0 Å². The van der Waals surface area contributed by atoms with Crippen molar-refractivity contribution in [1.82, 2.24) is 0 Å². The Morgan fingerprint density at radius 2 is 1.71 bits per heavy atom. The highest BCUT2D eigenvalue weighted by molar-refractivity contribution is 5.33. The summed E-state index contributed by atoms with van der Waals surface area (Å²) >= 11 is 0. The SMILES string of the molecule is [CH2]COc1ccccc1CCCCCCCC. The van der Waals surface area contributed by atoms with Gasteiger partial charge in [-0.05, 0) is 31.4 Å². The van der Waals surface area contributed by atoms with Gasteiger partial charge in [-0.2, -0.15) is 0 Å². The van der Waals surface area contributed by atoms with Crippen molar-refractivity contribution in [3.63, 3.8) is 0 Å². The molecule has 1 aromatic carbocycles. The predicted molar refractivity (Wildman–Crippen MR) is 74.4 cm³/mol. The summed E-state index contributed by atoms with van der Waals surface area (Å²) in [5.74, 6) is 1.01. The van der Waals surface area contributed by atoms with Gasteiger partial charge >= 0.3 is 0 Å². The Morgan fingerprint density at radius 1 is 1.00 bits per heavy atom. The van der Waals surface area contributed by atoms with E-state index in [9.17, 15) is 0 Å². The Hall–Kier alpha value is -0.980. The van der Waals surface area contributed by atoms with Crippen LogP contribution in [0, 0.1) is 6.92 Å². The van der Waals surface area contributed by atoms with E-state index in [1.807, 2.05) is 12.1 Å². The van der Waals surface area contributed by atoms with Gasteiger partial charge < -0.3 is 4.74 Å². The van der Waals surface area contributed by atoms with Crippen LogP contribution >= 0.6 is 0 Å². The van der Waals surface area contributed by atoms with E-state index >= 15 is 0 Å². The second-order valence-electron chi connectivity index (χ2n) is 4.47. The molecule has 0 aliphatic carbocycles. The molecule has 1 rings (SSSR count). The van der Waals surface area contributed by atoms with Crippen molar-refractivity contribution in [3.05, 3.63) is 36.8 Å². The quantitative estimate of drug-likeness (QED) is 0.556. The monoisotopic (exact) mass is 233 g/mol. The molecule has 0 saturated carbocycles. The minimum absolute atomic E-state index is 0.507. The molecule has 0 aromatic heterocycles. The fourth-order valence-corrected chi connectivity index (χ4v) is 2.06. The van der Waals surface area contributed by atoms with Crippen molar-refractivity contribution >= 4 is 0 Å². The Balaban J connectivity index is 2.25. The van der Waals surface area contributed by atoms with Crippen molar-refractivity contribution in [2.24, 2.45) is 0 Å². The zero-order valence-electron chi connectivity index (χ0n) is 11.1. The molecule has 0 fully saturated rings. The third kappa shape index (κ3) is 5.76. The van der Waals surface area contributed by atoms with E-state index in [2.05, 4.69) is 26.0 Å². The first kappa shape index (κ1) is 14.1. The van der Waals surface area contributed by atoms with Crippen LogP contribution in [0.15, 0.2) is 24.3 Å². The third-order valence-electron chi connectivity index (χ3n) is 3.03. The molecule has 0 heterocycles. The van der Waals surface area contributed by atoms with E-state index in [-0.39, 0.29) is 0 Å². The molecule has 95 valence electrons. The summed E-state index contributed by atoms with van der Waals surface area (Å²) in [4.78, 5) is 0. The first-order valence-electron chi connectivity index (χ1n) is 6.88. The number of ether oxygens (including phenoxy) is 1. The average Bonchev–Trinajstić information content (AvgIpc) is 2.36. The Morgan fingerprint density at radius 3 is 2.47 bits per heavy atom. The van der Waals surface area contributed by atoms with Gasteiger partial charge in [0.1, 0.15) is 5.75 Å². The van der Waals surface area contributed by atoms with Gasteiger partial charge in [-0.15, -0.1) is 0 Å². The summed E-state index contributed by atoms with van der Waals surface area (Å²) in [5.41, 5.74) is 1.33. The highest BCUT2D eigenvalue weighted by Crippen LogP contribution is 2.20.